The number of nitrogens with zero attached hydrogens (tertiary/aromatic N) is 1. The van der Waals surface area contributed by atoms with E-state index in [-0.39, 0.29) is 22.5 Å². The van der Waals surface area contributed by atoms with Crippen LogP contribution < -0.4 is 5.73 Å². The summed E-state index contributed by atoms with van der Waals surface area (Å²) in [5.74, 6) is 0.153. The van der Waals surface area contributed by atoms with Crippen molar-refractivity contribution in [2.24, 2.45) is 0 Å². The van der Waals surface area contributed by atoms with E-state index in [4.69, 9.17) is 28.9 Å². The van der Waals surface area contributed by atoms with Crippen LogP contribution in [0.1, 0.15) is 19.8 Å². The third-order valence-corrected chi connectivity index (χ3v) is 4.83. The lowest BCUT2D eigenvalue weighted by molar-refractivity contribution is 0.578. The third kappa shape index (κ3) is 4.78. The van der Waals surface area contributed by atoms with Crippen molar-refractivity contribution in [3.05, 3.63) is 39.8 Å². The molecule has 1 atom stereocenters. The smallest absolute Gasteiger partial charge is 0.137 e. The fraction of sp³-hybridized carbons (Fsp3) is 0.357. The van der Waals surface area contributed by atoms with E-state index >= 15 is 0 Å². The number of hydrogen-bond donors (Lipinski definition) is 1. The highest BCUT2D eigenvalue weighted by molar-refractivity contribution is 8.00. The van der Waals surface area contributed by atoms with E-state index in [0.29, 0.717) is 22.8 Å². The Morgan fingerprint density at radius 3 is 2.62 bits per heavy atom. The lowest BCUT2D eigenvalue weighted by atomic mass is 10.0. The average molecular weight is 370 g/mol. The van der Waals surface area contributed by atoms with Gasteiger partial charge in [0.2, 0.25) is 0 Å². The molecule has 0 radical (unpaired) electrons. The molecule has 0 saturated carbocycles. The lowest BCUT2D eigenvalue weighted by Crippen LogP contribution is -2.09. The van der Waals surface area contributed by atoms with Crippen LogP contribution >= 0.6 is 46.6 Å². The minimum Gasteiger partial charge on any atom is -0.383 e. The molecule has 1 heterocycles. The fourth-order valence-electron chi connectivity index (χ4n) is 1.88. The van der Waals surface area contributed by atoms with Gasteiger partial charge in [0.05, 0.1) is 9.93 Å². The highest BCUT2D eigenvalue weighted by Crippen LogP contribution is 2.42. The molecular weight excluding hydrogens is 354 g/mol. The molecule has 0 unspecified atom stereocenters. The molecule has 0 fully saturated rings. The van der Waals surface area contributed by atoms with Gasteiger partial charge in [-0.2, -0.15) is 0 Å². The first-order chi connectivity index (χ1) is 10.0. The molecule has 1 aliphatic carbocycles. The van der Waals surface area contributed by atoms with Crippen LogP contribution in [0.15, 0.2) is 44.7 Å². The normalized spacial score (nSPS) is 16.5. The quantitative estimate of drug-likeness (QED) is 0.548. The monoisotopic (exact) mass is 368 g/mol. The zero-order chi connectivity index (χ0) is 16.0. The minimum absolute atomic E-state index is 0.0856. The molecule has 0 spiro atoms. The molecule has 1 aromatic heterocycles. The second-order valence-corrected chi connectivity index (χ2v) is 6.40. The van der Waals surface area contributed by atoms with Gasteiger partial charge in [0.1, 0.15) is 11.6 Å². The number of thioether (sulfide) groups is 1. The number of aromatic nitrogens is 1. The van der Waals surface area contributed by atoms with Gasteiger partial charge in [0.25, 0.3) is 0 Å². The summed E-state index contributed by atoms with van der Waals surface area (Å²) in [6.07, 6.45) is 3.86. The van der Waals surface area contributed by atoms with Crippen molar-refractivity contribution in [1.29, 1.82) is 0 Å². The number of hydrogen-bond acceptors (Lipinski definition) is 3. The van der Waals surface area contributed by atoms with Crippen LogP contribution in [0.4, 0.5) is 10.2 Å². The van der Waals surface area contributed by atoms with Crippen molar-refractivity contribution in [1.82, 2.24) is 4.98 Å². The number of pyridine rings is 1. The second-order valence-electron chi connectivity index (χ2n) is 4.18. The van der Waals surface area contributed by atoms with Crippen LogP contribution in [0.2, 0.25) is 0 Å². The molecular formula is C14H16Cl3FN2S. The number of alkyl halides is 1. The summed E-state index contributed by atoms with van der Waals surface area (Å²) < 4.78 is 13.6. The number of allylic oxidation sites excluding steroid dienone is 3. The van der Waals surface area contributed by atoms with Gasteiger partial charge in [-0.25, -0.2) is 9.37 Å². The molecule has 2 rings (SSSR count). The highest BCUT2D eigenvalue weighted by atomic mass is 35.5. The largest absolute Gasteiger partial charge is 0.383 e. The lowest BCUT2D eigenvalue weighted by Gasteiger charge is -2.21. The maximum atomic E-state index is 13.6. The molecule has 116 valence electrons. The Morgan fingerprint density at radius 1 is 1.33 bits per heavy atom. The van der Waals surface area contributed by atoms with E-state index < -0.39 is 0 Å². The van der Waals surface area contributed by atoms with Crippen LogP contribution in [0, 0.1) is 0 Å². The van der Waals surface area contributed by atoms with Gasteiger partial charge in [-0.1, -0.05) is 23.2 Å². The Labute approximate surface area is 143 Å². The summed E-state index contributed by atoms with van der Waals surface area (Å²) >= 11 is 18.3. The van der Waals surface area contributed by atoms with Crippen LogP contribution in [0.5, 0.6) is 0 Å². The fourth-order valence-corrected chi connectivity index (χ4v) is 3.87. The van der Waals surface area contributed by atoms with Crippen LogP contribution in [0.25, 0.3) is 0 Å². The molecule has 21 heavy (non-hydrogen) atoms. The Morgan fingerprint density at radius 2 is 2.00 bits per heavy atom. The number of rotatable bonds is 3. The van der Waals surface area contributed by atoms with Crippen molar-refractivity contribution in [3.8, 4) is 0 Å². The summed E-state index contributed by atoms with van der Waals surface area (Å²) in [5, 5.41) is 0.671. The number of nitrogen functional groups attached to an aromatic ring is 1. The second kappa shape index (κ2) is 8.89. The van der Waals surface area contributed by atoms with E-state index in [9.17, 15) is 4.39 Å². The van der Waals surface area contributed by atoms with Gasteiger partial charge in [0, 0.05) is 34.9 Å². The van der Waals surface area contributed by atoms with Crippen molar-refractivity contribution in [3.63, 3.8) is 0 Å². The molecule has 0 aromatic carbocycles. The molecule has 0 aliphatic heterocycles. The van der Waals surface area contributed by atoms with E-state index in [1.807, 2.05) is 13.0 Å². The van der Waals surface area contributed by atoms with Gasteiger partial charge < -0.3 is 5.73 Å². The van der Waals surface area contributed by atoms with Crippen LogP contribution in [-0.4, -0.2) is 16.6 Å². The molecule has 2 nitrogen and oxygen atoms in total. The SMILES string of the molecule is CCl.C[C@@H](Sc1cccnc1N)C1=C(Cl)CCC(F)=C1Cl. The Kier molecular flexibility index (Phi) is 7.88. The maximum absolute atomic E-state index is 13.6. The average Bonchev–Trinajstić information content (AvgIpc) is 2.48. The summed E-state index contributed by atoms with van der Waals surface area (Å²) in [4.78, 5) is 4.85. The highest BCUT2D eigenvalue weighted by Gasteiger charge is 2.25. The molecule has 7 heteroatoms. The van der Waals surface area contributed by atoms with Crippen LogP contribution in [0.3, 0.4) is 0 Å². The maximum Gasteiger partial charge on any atom is 0.137 e. The number of halogens is 4. The summed E-state index contributed by atoms with van der Waals surface area (Å²) in [6.45, 7) is 1.93. The van der Waals surface area contributed by atoms with Crippen molar-refractivity contribution in [2.75, 3.05) is 12.1 Å². The van der Waals surface area contributed by atoms with Crippen molar-refractivity contribution < 1.29 is 4.39 Å². The minimum atomic E-state index is -0.298. The van der Waals surface area contributed by atoms with Gasteiger partial charge >= 0.3 is 0 Å². The number of nitrogens with two attached hydrogens (primary N) is 1. The molecule has 0 saturated heterocycles. The molecule has 1 aromatic rings. The molecule has 1 aliphatic rings. The van der Waals surface area contributed by atoms with E-state index in [1.165, 1.54) is 18.1 Å². The third-order valence-electron chi connectivity index (χ3n) is 2.84. The van der Waals surface area contributed by atoms with Gasteiger partial charge in [0.15, 0.2) is 0 Å². The molecule has 2 N–H and O–H groups in total. The Balaban J connectivity index is 0.00000106. The van der Waals surface area contributed by atoms with Gasteiger partial charge in [-0.15, -0.1) is 23.4 Å². The molecule has 0 bridgehead atoms. The first-order valence-electron chi connectivity index (χ1n) is 6.18. The summed E-state index contributed by atoms with van der Waals surface area (Å²) in [6, 6.07) is 3.68. The van der Waals surface area contributed by atoms with Crippen molar-refractivity contribution in [2.45, 2.75) is 29.9 Å². The van der Waals surface area contributed by atoms with Crippen LogP contribution in [-0.2, 0) is 0 Å². The Hall–Kier alpha value is -0.420. The zero-order valence-electron chi connectivity index (χ0n) is 11.7. The molecule has 0 amide bonds. The topological polar surface area (TPSA) is 38.9 Å². The predicted molar refractivity (Wildman–Crippen MR) is 91.8 cm³/mol. The van der Waals surface area contributed by atoms with E-state index in [0.717, 1.165) is 4.90 Å². The van der Waals surface area contributed by atoms with Gasteiger partial charge in [-0.3, -0.25) is 0 Å². The Bertz CT molecular complexity index is 561. The predicted octanol–water partition coefficient (Wildman–Crippen LogP) is 5.71. The van der Waals surface area contributed by atoms with E-state index in [2.05, 4.69) is 16.6 Å². The number of anilines is 1. The summed E-state index contributed by atoms with van der Waals surface area (Å²) in [7, 11) is 0. The summed E-state index contributed by atoms with van der Waals surface area (Å²) in [5.41, 5.74) is 6.45. The standard InChI is InChI=1S/C13H13Cl2FN2S.CH3Cl/c1-7(19-10-3-2-6-18-13(10)17)11-8(14)4-5-9(16)12(11)15;1-2/h2-3,6-7H,4-5H2,1H3,(H2,17,18);1H3/t7-;/m1./s1. The first kappa shape index (κ1) is 18.6. The van der Waals surface area contributed by atoms with Gasteiger partial charge in [-0.05, 0) is 25.5 Å². The van der Waals surface area contributed by atoms with E-state index in [1.54, 1.807) is 12.3 Å². The zero-order valence-corrected chi connectivity index (χ0v) is 14.8. The first-order valence-corrected chi connectivity index (χ1v) is 8.58. The van der Waals surface area contributed by atoms with Crippen molar-refractivity contribution >= 4 is 52.4 Å².